The lowest BCUT2D eigenvalue weighted by Gasteiger charge is -2.24. The van der Waals surface area contributed by atoms with Crippen LogP contribution in [0.3, 0.4) is 0 Å². The van der Waals surface area contributed by atoms with Crippen LogP contribution < -0.4 is 0 Å². The van der Waals surface area contributed by atoms with E-state index >= 15 is 0 Å². The third-order valence-electron chi connectivity index (χ3n) is 1.13. The van der Waals surface area contributed by atoms with E-state index < -0.39 is 17.9 Å². The van der Waals surface area contributed by atoms with Gasteiger partial charge in [-0.3, -0.25) is 0 Å². The van der Waals surface area contributed by atoms with Gasteiger partial charge in [-0.15, -0.1) is 0 Å². The molecular formula is C7H14F4O. The second-order valence-corrected chi connectivity index (χ2v) is 2.32. The van der Waals surface area contributed by atoms with Gasteiger partial charge in [0.05, 0.1) is 0 Å². The predicted molar refractivity (Wildman–Crippen MR) is 38.3 cm³/mol. The number of aliphatic hydroxyl groups is 1. The van der Waals surface area contributed by atoms with Crippen molar-refractivity contribution in [2.24, 2.45) is 5.92 Å². The maximum atomic E-state index is 12.1. The molecule has 76 valence electrons. The van der Waals surface area contributed by atoms with E-state index in [-0.39, 0.29) is 0 Å². The van der Waals surface area contributed by atoms with Crippen LogP contribution in [0.2, 0.25) is 0 Å². The number of alkyl halides is 4. The van der Waals surface area contributed by atoms with Crippen LogP contribution in [0.15, 0.2) is 0 Å². The monoisotopic (exact) mass is 190 g/mol. The summed E-state index contributed by atoms with van der Waals surface area (Å²) in [5.41, 5.74) is 0. The molecule has 0 spiro atoms. The van der Waals surface area contributed by atoms with E-state index in [1.807, 2.05) is 13.8 Å². The molecule has 12 heavy (non-hydrogen) atoms. The molecule has 0 bridgehead atoms. The second-order valence-electron chi connectivity index (χ2n) is 2.32. The molecular weight excluding hydrogens is 176 g/mol. The lowest BCUT2D eigenvalue weighted by molar-refractivity contribution is -0.338. The third kappa shape index (κ3) is 3.38. The Hall–Kier alpha value is -0.320. The fourth-order valence-electron chi connectivity index (χ4n) is 0.347. The van der Waals surface area contributed by atoms with Crippen molar-refractivity contribution in [3.8, 4) is 0 Å². The highest BCUT2D eigenvalue weighted by molar-refractivity contribution is 4.77. The first-order chi connectivity index (χ1) is 5.19. The normalized spacial score (nSPS) is 12.5. The summed E-state index contributed by atoms with van der Waals surface area (Å²) < 4.78 is 47.2. The van der Waals surface area contributed by atoms with Crippen LogP contribution in [0.25, 0.3) is 0 Å². The van der Waals surface area contributed by atoms with E-state index in [0.29, 0.717) is 0 Å². The zero-order valence-electron chi connectivity index (χ0n) is 7.54. The van der Waals surface area contributed by atoms with Crippen molar-refractivity contribution < 1.29 is 22.7 Å². The maximum absolute atomic E-state index is 12.1. The van der Waals surface area contributed by atoms with Gasteiger partial charge >= 0.3 is 12.0 Å². The Labute approximate surface area is 69.4 Å². The summed E-state index contributed by atoms with van der Waals surface area (Å²) >= 11 is 0. The highest BCUT2D eigenvalue weighted by atomic mass is 19.3. The lowest BCUT2D eigenvalue weighted by Crippen LogP contribution is -2.44. The van der Waals surface area contributed by atoms with Gasteiger partial charge in [0.2, 0.25) is 0 Å². The molecule has 0 aromatic rings. The minimum atomic E-state index is -4.92. The Morgan fingerprint density at radius 1 is 1.00 bits per heavy atom. The fraction of sp³-hybridized carbons (Fsp3) is 1.00. The molecule has 5 heteroatoms. The van der Waals surface area contributed by atoms with Crippen molar-refractivity contribution in [1.82, 2.24) is 0 Å². The highest BCUT2D eigenvalue weighted by Crippen LogP contribution is 2.37. The largest absolute Gasteiger partial charge is 0.417 e. The molecule has 0 fully saturated rings. The van der Waals surface area contributed by atoms with E-state index in [1.165, 1.54) is 0 Å². The van der Waals surface area contributed by atoms with E-state index in [2.05, 4.69) is 0 Å². The van der Waals surface area contributed by atoms with Crippen LogP contribution >= 0.6 is 0 Å². The predicted octanol–water partition coefficient (Wildman–Crippen LogP) is 2.89. The topological polar surface area (TPSA) is 20.2 Å². The fourth-order valence-corrected chi connectivity index (χ4v) is 0.347. The van der Waals surface area contributed by atoms with Crippen molar-refractivity contribution >= 4 is 0 Å². The van der Waals surface area contributed by atoms with Gasteiger partial charge in [0.1, 0.15) is 0 Å². The molecule has 1 N–H and O–H groups in total. The summed E-state index contributed by atoms with van der Waals surface area (Å²) in [5.74, 6) is -5.92. The van der Waals surface area contributed by atoms with Gasteiger partial charge in [-0.1, -0.05) is 27.7 Å². The number of halogens is 4. The molecule has 0 aliphatic heterocycles. The minimum absolute atomic E-state index is 0.907. The third-order valence-corrected chi connectivity index (χ3v) is 1.13. The lowest BCUT2D eigenvalue weighted by atomic mass is 10.1. The van der Waals surface area contributed by atoms with Gasteiger partial charge in [-0.2, -0.15) is 17.6 Å². The molecule has 1 nitrogen and oxygen atoms in total. The average molecular weight is 190 g/mol. The first-order valence-corrected chi connectivity index (χ1v) is 3.67. The molecule has 0 aromatic heterocycles. The van der Waals surface area contributed by atoms with Gasteiger partial charge in [0.15, 0.2) is 0 Å². The quantitative estimate of drug-likeness (QED) is 0.664. The summed E-state index contributed by atoms with van der Waals surface area (Å²) in [7, 11) is 0. The molecule has 0 atom stereocenters. The van der Waals surface area contributed by atoms with Crippen LogP contribution in [0.4, 0.5) is 17.6 Å². The molecule has 0 aliphatic carbocycles. The summed E-state index contributed by atoms with van der Waals surface area (Å²) in [6, 6.07) is 0. The molecule has 0 amide bonds. The summed E-state index contributed by atoms with van der Waals surface area (Å²) in [4.78, 5) is 0. The molecule has 0 unspecified atom stereocenters. The summed E-state index contributed by atoms with van der Waals surface area (Å²) in [6.45, 7) is 5.81. The van der Waals surface area contributed by atoms with Crippen molar-refractivity contribution in [3.63, 3.8) is 0 Å². The van der Waals surface area contributed by atoms with E-state index in [9.17, 15) is 17.6 Å². The van der Waals surface area contributed by atoms with Crippen molar-refractivity contribution in [2.45, 2.75) is 39.7 Å². The van der Waals surface area contributed by atoms with Crippen molar-refractivity contribution in [3.05, 3.63) is 0 Å². The molecule has 0 radical (unpaired) electrons. The molecule has 0 aliphatic rings. The van der Waals surface area contributed by atoms with E-state index in [1.54, 1.807) is 0 Å². The van der Waals surface area contributed by atoms with Gasteiger partial charge in [-0.05, 0) is 0 Å². The van der Waals surface area contributed by atoms with Crippen molar-refractivity contribution in [2.75, 3.05) is 0 Å². The van der Waals surface area contributed by atoms with Crippen LogP contribution in [-0.4, -0.2) is 17.1 Å². The second kappa shape index (κ2) is 4.64. The molecule has 0 aromatic carbocycles. The molecule has 0 saturated carbocycles. The number of hydrogen-bond acceptors (Lipinski definition) is 1. The van der Waals surface area contributed by atoms with Gasteiger partial charge in [0.25, 0.3) is 0 Å². The van der Waals surface area contributed by atoms with Crippen LogP contribution in [0, 0.1) is 5.92 Å². The van der Waals surface area contributed by atoms with E-state index in [4.69, 9.17) is 5.11 Å². The molecule has 0 rings (SSSR count). The molecule has 0 saturated heterocycles. The van der Waals surface area contributed by atoms with Gasteiger partial charge < -0.3 is 5.11 Å². The zero-order chi connectivity index (χ0) is 10.6. The van der Waals surface area contributed by atoms with Crippen LogP contribution in [-0.2, 0) is 0 Å². The zero-order valence-corrected chi connectivity index (χ0v) is 7.54. The Morgan fingerprint density at radius 2 is 1.25 bits per heavy atom. The maximum Gasteiger partial charge on any atom is 0.417 e. The Morgan fingerprint density at radius 3 is 1.25 bits per heavy atom. The molecule has 0 heterocycles. The Bertz CT molecular complexity index is 117. The Kier molecular flexibility index (Phi) is 5.50. The number of rotatable bonds is 2. The van der Waals surface area contributed by atoms with Crippen molar-refractivity contribution in [1.29, 1.82) is 0 Å². The number of hydrogen-bond donors (Lipinski definition) is 1. The van der Waals surface area contributed by atoms with Gasteiger partial charge in [0, 0.05) is 5.92 Å². The smallest absolute Gasteiger partial charge is 0.332 e. The van der Waals surface area contributed by atoms with Crippen LogP contribution in [0.5, 0.6) is 0 Å². The average Bonchev–Trinajstić information content (AvgIpc) is 1.89. The summed E-state index contributed by atoms with van der Waals surface area (Å²) in [6.07, 6.45) is -4.92. The highest BCUT2D eigenvalue weighted by Gasteiger charge is 2.57. The minimum Gasteiger partial charge on any atom is -0.332 e. The van der Waals surface area contributed by atoms with Gasteiger partial charge in [-0.25, -0.2) is 0 Å². The Balaban J connectivity index is 0. The standard InChI is InChI=1S/C5H8F4O.C2H6/c1-3(2)4(6,7)5(8,9)10;1-2/h3,10H,1-2H3;1-2H3. The van der Waals surface area contributed by atoms with Crippen LogP contribution in [0.1, 0.15) is 27.7 Å². The SMILES string of the molecule is CC.CC(C)C(F)(F)C(O)(F)F. The van der Waals surface area contributed by atoms with E-state index in [0.717, 1.165) is 13.8 Å². The first-order valence-electron chi connectivity index (χ1n) is 3.67. The first kappa shape index (κ1) is 14.2. The summed E-state index contributed by atoms with van der Waals surface area (Å²) in [5, 5.41) is 7.63.